The van der Waals surface area contributed by atoms with Crippen LogP contribution >= 0.6 is 11.6 Å². The molecular weight excluding hydrogens is 280 g/mol. The second-order valence-electron chi connectivity index (χ2n) is 4.64. The van der Waals surface area contributed by atoms with Gasteiger partial charge < -0.3 is 5.32 Å². The first-order valence-electron chi connectivity index (χ1n) is 6.65. The summed E-state index contributed by atoms with van der Waals surface area (Å²) in [7, 11) is 0. The van der Waals surface area contributed by atoms with Crippen LogP contribution in [0.25, 0.3) is 0 Å². The first-order chi connectivity index (χ1) is 9.56. The van der Waals surface area contributed by atoms with Gasteiger partial charge in [-0.3, -0.25) is 14.9 Å². The number of nitro groups is 1. The van der Waals surface area contributed by atoms with Gasteiger partial charge in [-0.1, -0.05) is 18.9 Å². The Bertz CT molecular complexity index is 477. The average Bonchev–Trinajstić information content (AvgIpc) is 2.42. The number of alkyl halides is 1. The monoisotopic (exact) mass is 298 g/mol. The molecule has 0 fully saturated rings. The molecule has 0 atom stereocenters. The van der Waals surface area contributed by atoms with Crippen LogP contribution in [-0.2, 0) is 0 Å². The first kappa shape index (κ1) is 16.4. The highest BCUT2D eigenvalue weighted by Gasteiger charge is 2.19. The highest BCUT2D eigenvalue weighted by molar-refractivity contribution is 6.17. The third-order valence-corrected chi connectivity index (χ3v) is 3.21. The lowest BCUT2D eigenvalue weighted by Gasteiger charge is -2.06. The van der Waals surface area contributed by atoms with E-state index in [4.69, 9.17) is 11.6 Å². The van der Waals surface area contributed by atoms with Crippen LogP contribution in [0.5, 0.6) is 0 Å². The van der Waals surface area contributed by atoms with Gasteiger partial charge in [0.25, 0.3) is 11.6 Å². The van der Waals surface area contributed by atoms with Crippen LogP contribution in [0.2, 0.25) is 0 Å². The van der Waals surface area contributed by atoms with E-state index in [1.165, 1.54) is 6.07 Å². The molecule has 0 radical (unpaired) electrons. The molecule has 0 saturated heterocycles. The summed E-state index contributed by atoms with van der Waals surface area (Å²) < 4.78 is 0. The maximum atomic E-state index is 12.0. The number of amides is 1. The molecule has 1 amide bonds. The van der Waals surface area contributed by atoms with E-state index < -0.39 is 10.8 Å². The van der Waals surface area contributed by atoms with E-state index in [1.807, 2.05) is 0 Å². The summed E-state index contributed by atoms with van der Waals surface area (Å²) in [4.78, 5) is 22.3. The van der Waals surface area contributed by atoms with Crippen molar-refractivity contribution >= 4 is 23.2 Å². The van der Waals surface area contributed by atoms with E-state index in [1.54, 1.807) is 19.1 Å². The number of halogens is 1. The third-order valence-electron chi connectivity index (χ3n) is 2.94. The minimum Gasteiger partial charge on any atom is -0.352 e. The maximum Gasteiger partial charge on any atom is 0.282 e. The van der Waals surface area contributed by atoms with E-state index in [0.29, 0.717) is 12.4 Å². The third kappa shape index (κ3) is 5.17. The van der Waals surface area contributed by atoms with Crippen molar-refractivity contribution in [2.45, 2.75) is 32.6 Å². The summed E-state index contributed by atoms with van der Waals surface area (Å²) in [5, 5.41) is 13.6. The zero-order chi connectivity index (χ0) is 15.0. The minimum atomic E-state index is -0.533. The number of nitrogens with zero attached hydrogens (tertiary/aromatic N) is 1. The molecule has 1 N–H and O–H groups in total. The lowest BCUT2D eigenvalue weighted by atomic mass is 10.1. The van der Waals surface area contributed by atoms with Crippen LogP contribution in [0, 0.1) is 17.0 Å². The van der Waals surface area contributed by atoms with Gasteiger partial charge in [-0.2, -0.15) is 0 Å². The number of carbonyl (C=O) groups excluding carboxylic acids is 1. The van der Waals surface area contributed by atoms with Crippen molar-refractivity contribution in [3.63, 3.8) is 0 Å². The van der Waals surface area contributed by atoms with Crippen LogP contribution < -0.4 is 5.32 Å². The summed E-state index contributed by atoms with van der Waals surface area (Å²) in [6.07, 6.45) is 3.84. The Kier molecular flexibility index (Phi) is 7.01. The van der Waals surface area contributed by atoms with Crippen molar-refractivity contribution in [2.24, 2.45) is 0 Å². The first-order valence-corrected chi connectivity index (χ1v) is 7.19. The van der Waals surface area contributed by atoms with Crippen LogP contribution in [0.3, 0.4) is 0 Å². The Morgan fingerprint density at radius 2 is 2.00 bits per heavy atom. The normalized spacial score (nSPS) is 10.3. The molecule has 0 aliphatic heterocycles. The average molecular weight is 299 g/mol. The summed E-state index contributed by atoms with van der Waals surface area (Å²) in [6.45, 7) is 2.32. The number of nitrogens with one attached hydrogen (secondary N) is 1. The highest BCUT2D eigenvalue weighted by atomic mass is 35.5. The fraction of sp³-hybridized carbons (Fsp3) is 0.500. The largest absolute Gasteiger partial charge is 0.352 e. The van der Waals surface area contributed by atoms with Crippen molar-refractivity contribution in [2.75, 3.05) is 12.4 Å². The Balaban J connectivity index is 2.54. The van der Waals surface area contributed by atoms with Gasteiger partial charge in [-0.05, 0) is 31.4 Å². The molecular formula is C14H19ClN2O3. The predicted molar refractivity (Wildman–Crippen MR) is 79.4 cm³/mol. The molecule has 20 heavy (non-hydrogen) atoms. The van der Waals surface area contributed by atoms with Gasteiger partial charge in [0.1, 0.15) is 5.56 Å². The number of unbranched alkanes of at least 4 members (excludes halogenated alkanes) is 3. The van der Waals surface area contributed by atoms with Gasteiger partial charge >= 0.3 is 0 Å². The lowest BCUT2D eigenvalue weighted by Crippen LogP contribution is -2.25. The van der Waals surface area contributed by atoms with E-state index in [2.05, 4.69) is 5.32 Å². The zero-order valence-corrected chi connectivity index (χ0v) is 12.3. The molecule has 0 bridgehead atoms. The Morgan fingerprint density at radius 1 is 1.30 bits per heavy atom. The van der Waals surface area contributed by atoms with Crippen molar-refractivity contribution in [3.8, 4) is 0 Å². The summed E-state index contributed by atoms with van der Waals surface area (Å²) >= 11 is 5.57. The summed E-state index contributed by atoms with van der Waals surface area (Å²) in [5.74, 6) is 0.264. The molecule has 1 aromatic rings. The molecule has 0 unspecified atom stereocenters. The molecule has 110 valence electrons. The smallest absolute Gasteiger partial charge is 0.282 e. The van der Waals surface area contributed by atoms with E-state index in [-0.39, 0.29) is 11.3 Å². The van der Waals surface area contributed by atoms with Gasteiger partial charge in [-0.25, -0.2) is 0 Å². The quantitative estimate of drug-likeness (QED) is 0.346. The highest BCUT2D eigenvalue weighted by Crippen LogP contribution is 2.19. The molecule has 0 saturated carbocycles. The molecule has 5 nitrogen and oxygen atoms in total. The second kappa shape index (κ2) is 8.53. The van der Waals surface area contributed by atoms with E-state index >= 15 is 0 Å². The SMILES string of the molecule is Cc1ccc([N+](=O)[O-])c(C(=O)NCCCCCCCl)c1. The van der Waals surface area contributed by atoms with Crippen molar-refractivity contribution in [3.05, 3.63) is 39.4 Å². The predicted octanol–water partition coefficient (Wildman–Crippen LogP) is 3.43. The van der Waals surface area contributed by atoms with Gasteiger partial charge in [-0.15, -0.1) is 11.6 Å². The fourth-order valence-electron chi connectivity index (χ4n) is 1.86. The van der Waals surface area contributed by atoms with Crippen molar-refractivity contribution in [1.82, 2.24) is 5.32 Å². The zero-order valence-electron chi connectivity index (χ0n) is 11.5. The van der Waals surface area contributed by atoms with E-state index in [9.17, 15) is 14.9 Å². The molecule has 1 rings (SSSR count). The van der Waals surface area contributed by atoms with Gasteiger partial charge in [0.2, 0.25) is 0 Å². The minimum absolute atomic E-state index is 0.121. The van der Waals surface area contributed by atoms with E-state index in [0.717, 1.165) is 31.2 Å². The van der Waals surface area contributed by atoms with Gasteiger partial charge in [0.05, 0.1) is 4.92 Å². The number of benzene rings is 1. The number of hydrogen-bond donors (Lipinski definition) is 1. The standard InChI is InChI=1S/C14H19ClN2O3/c1-11-6-7-13(17(19)20)12(10-11)14(18)16-9-5-3-2-4-8-15/h6-7,10H,2-5,8-9H2,1H3,(H,16,18). The molecule has 1 aromatic carbocycles. The molecule has 0 aliphatic rings. The van der Waals surface area contributed by atoms with Gasteiger partial charge in [0.15, 0.2) is 0 Å². The number of nitro benzene ring substituents is 1. The van der Waals surface area contributed by atoms with Crippen molar-refractivity contribution in [1.29, 1.82) is 0 Å². The summed E-state index contributed by atoms with van der Waals surface area (Å²) in [6, 6.07) is 4.53. The van der Waals surface area contributed by atoms with Crippen LogP contribution in [-0.4, -0.2) is 23.3 Å². The molecule has 0 aromatic heterocycles. The molecule has 0 spiro atoms. The Morgan fingerprint density at radius 3 is 2.65 bits per heavy atom. The molecule has 6 heteroatoms. The molecule has 0 aliphatic carbocycles. The lowest BCUT2D eigenvalue weighted by molar-refractivity contribution is -0.385. The Hall–Kier alpha value is -1.62. The molecule has 0 heterocycles. The van der Waals surface area contributed by atoms with Crippen LogP contribution in [0.4, 0.5) is 5.69 Å². The number of carbonyl (C=O) groups is 1. The summed E-state index contributed by atoms with van der Waals surface area (Å²) in [5.41, 5.74) is 0.786. The topological polar surface area (TPSA) is 72.2 Å². The number of hydrogen-bond acceptors (Lipinski definition) is 3. The maximum absolute atomic E-state index is 12.0. The van der Waals surface area contributed by atoms with Gasteiger partial charge in [0, 0.05) is 18.5 Å². The number of aryl methyl sites for hydroxylation is 1. The number of rotatable bonds is 8. The van der Waals surface area contributed by atoms with Crippen LogP contribution in [0.1, 0.15) is 41.6 Å². The van der Waals surface area contributed by atoms with Crippen molar-refractivity contribution < 1.29 is 9.72 Å². The second-order valence-corrected chi connectivity index (χ2v) is 5.01. The van der Waals surface area contributed by atoms with Crippen LogP contribution in [0.15, 0.2) is 18.2 Å². The Labute approximate surface area is 123 Å². The fourth-order valence-corrected chi connectivity index (χ4v) is 2.05.